The minimum absolute atomic E-state index is 0.143. The second-order valence-corrected chi connectivity index (χ2v) is 10.2. The molecule has 0 saturated heterocycles. The number of nitriles is 1. The molecule has 0 N–H and O–H groups in total. The van der Waals surface area contributed by atoms with Gasteiger partial charge in [-0.15, -0.1) is 0 Å². The van der Waals surface area contributed by atoms with Crippen LogP contribution in [0.15, 0.2) is 24.3 Å². The van der Waals surface area contributed by atoms with Gasteiger partial charge in [0, 0.05) is 0 Å². The summed E-state index contributed by atoms with van der Waals surface area (Å²) in [7, 11) is 0. The third-order valence-electron chi connectivity index (χ3n) is 4.93. The summed E-state index contributed by atoms with van der Waals surface area (Å²) in [6.07, 6.45) is -3.09. The van der Waals surface area contributed by atoms with E-state index in [4.69, 9.17) is 24.2 Å². The molecule has 11 heteroatoms. The third kappa shape index (κ3) is 7.68. The molecule has 1 saturated carbocycles. The Morgan fingerprint density at radius 1 is 0.853 bits per heavy atom. The van der Waals surface area contributed by atoms with Crippen molar-refractivity contribution in [3.05, 3.63) is 35.4 Å². The Bertz CT molecular complexity index is 985. The summed E-state index contributed by atoms with van der Waals surface area (Å²) in [5.74, 6) is -3.17. The van der Waals surface area contributed by atoms with Crippen molar-refractivity contribution in [2.75, 3.05) is 6.61 Å². The van der Waals surface area contributed by atoms with Crippen LogP contribution in [0, 0.1) is 17.2 Å². The molecule has 0 amide bonds. The number of hydrogen-bond donors (Lipinski definition) is 0. The molecule has 5 atom stereocenters. The van der Waals surface area contributed by atoms with Crippen molar-refractivity contribution < 1.29 is 42.9 Å². The summed E-state index contributed by atoms with van der Waals surface area (Å²) in [6, 6.07) is 8.10. The number of rotatable bonds is 8. The van der Waals surface area contributed by atoms with Crippen LogP contribution < -0.4 is 0 Å². The fraction of sp³-hybridized carbons (Fsp3) is 0.478. The summed E-state index contributed by atoms with van der Waals surface area (Å²) in [5.41, 5.74) is 0.781. The van der Waals surface area contributed by atoms with Crippen molar-refractivity contribution in [1.29, 1.82) is 5.26 Å². The van der Waals surface area contributed by atoms with E-state index < -0.39 is 67.9 Å². The van der Waals surface area contributed by atoms with E-state index in [1.165, 1.54) is 45.0 Å². The van der Waals surface area contributed by atoms with Gasteiger partial charge in [0.15, 0.2) is 0 Å². The molecule has 5 unspecified atom stereocenters. The van der Waals surface area contributed by atoms with Crippen molar-refractivity contribution in [2.45, 2.75) is 57.2 Å². The summed E-state index contributed by atoms with van der Waals surface area (Å²) in [6.45, 7) is 4.61. The van der Waals surface area contributed by atoms with Crippen LogP contribution in [0.5, 0.6) is 0 Å². The zero-order valence-corrected chi connectivity index (χ0v) is 20.9. The Balaban J connectivity index is 2.42. The van der Waals surface area contributed by atoms with Crippen molar-refractivity contribution in [3.8, 4) is 6.07 Å². The molecule has 182 valence electrons. The molecule has 1 aliphatic carbocycles. The molecule has 1 fully saturated rings. The number of benzene rings is 1. The number of esters is 4. The molecule has 1 aromatic rings. The van der Waals surface area contributed by atoms with Gasteiger partial charge in [-0.3, -0.25) is 0 Å². The van der Waals surface area contributed by atoms with Crippen LogP contribution in [-0.4, -0.2) is 68.4 Å². The second-order valence-electron chi connectivity index (χ2n) is 7.65. The molecule has 1 aliphatic rings. The first-order valence-electron chi connectivity index (χ1n) is 10.4. The molecule has 0 radical (unpaired) electrons. The first-order valence-corrected chi connectivity index (χ1v) is 12.2. The van der Waals surface area contributed by atoms with Crippen molar-refractivity contribution in [2.24, 2.45) is 5.92 Å². The quantitative estimate of drug-likeness (QED) is 0.272. The van der Waals surface area contributed by atoms with Crippen LogP contribution in [0.3, 0.4) is 0 Å². The Hall–Kier alpha value is -3.22. The predicted molar refractivity (Wildman–Crippen MR) is 116 cm³/mol. The van der Waals surface area contributed by atoms with E-state index >= 15 is 0 Å². The van der Waals surface area contributed by atoms with E-state index in [9.17, 15) is 24.0 Å². The molecule has 0 aliphatic heterocycles. The summed E-state index contributed by atoms with van der Waals surface area (Å²) >= 11 is -0.803. The number of ether oxygens (including phenoxy) is 4. The van der Waals surface area contributed by atoms with Crippen LogP contribution in [0.1, 0.15) is 50.0 Å². The van der Waals surface area contributed by atoms with Gasteiger partial charge in [-0.25, -0.2) is 0 Å². The minimum atomic E-state index is -1.19. The average molecular weight is 538 g/mol. The topological polar surface area (TPSA) is 146 Å². The van der Waals surface area contributed by atoms with Gasteiger partial charge in [0.05, 0.1) is 0 Å². The molecule has 1 aromatic carbocycles. The summed E-state index contributed by atoms with van der Waals surface area (Å²) in [5, 5.41) is 8.96. The Morgan fingerprint density at radius 2 is 1.38 bits per heavy atom. The van der Waals surface area contributed by atoms with Gasteiger partial charge in [0.25, 0.3) is 0 Å². The molecule has 0 heterocycles. The molecular weight excluding hydrogens is 513 g/mol. The molecule has 0 aromatic heterocycles. The second kappa shape index (κ2) is 12.3. The molecule has 34 heavy (non-hydrogen) atoms. The average Bonchev–Trinajstić information content (AvgIpc) is 2.75. The SMILES string of the molecule is CC(=O)OCC1CC([Se]C(=O)c2ccc(C#N)cc2)C(OC(C)=O)C(OC(C)=O)C1OC(C)=O. The van der Waals surface area contributed by atoms with Gasteiger partial charge >= 0.3 is 203 Å². The van der Waals surface area contributed by atoms with Gasteiger partial charge in [-0.2, -0.15) is 0 Å². The molecule has 10 nitrogen and oxygen atoms in total. The standard InChI is InChI=1S/C23H25NO9Se/c1-12(25)30-11-18-9-19(34-23(29)17-7-5-16(10-24)6-8-17)21(32-14(3)27)22(33-15(4)28)20(18)31-13(2)26/h5-8,18-22H,9,11H2,1-4H3. The van der Waals surface area contributed by atoms with Gasteiger partial charge in [0.2, 0.25) is 0 Å². The van der Waals surface area contributed by atoms with Crippen molar-refractivity contribution in [3.63, 3.8) is 0 Å². The van der Waals surface area contributed by atoms with Crippen LogP contribution in [-0.2, 0) is 38.1 Å². The summed E-state index contributed by atoms with van der Waals surface area (Å²) < 4.78 is 21.2. The fourth-order valence-electron chi connectivity index (χ4n) is 3.64. The normalized spacial score (nSPS) is 23.7. The van der Waals surface area contributed by atoms with Gasteiger partial charge in [0.1, 0.15) is 0 Å². The van der Waals surface area contributed by atoms with E-state index in [-0.39, 0.29) is 17.7 Å². The van der Waals surface area contributed by atoms with E-state index in [0.717, 1.165) is 6.92 Å². The number of nitrogens with zero attached hydrogens (tertiary/aromatic N) is 1. The van der Waals surface area contributed by atoms with Gasteiger partial charge < -0.3 is 0 Å². The van der Waals surface area contributed by atoms with Crippen LogP contribution in [0.25, 0.3) is 0 Å². The van der Waals surface area contributed by atoms with Crippen LogP contribution >= 0.6 is 0 Å². The first-order chi connectivity index (χ1) is 16.0. The number of carbonyl (C=O) groups is 5. The first kappa shape index (κ1) is 27.0. The monoisotopic (exact) mass is 539 g/mol. The van der Waals surface area contributed by atoms with Crippen molar-refractivity contribution >= 4 is 43.5 Å². The summed E-state index contributed by atoms with van der Waals surface area (Å²) in [4.78, 5) is 59.5. The molecule has 0 bridgehead atoms. The number of hydrogen-bond acceptors (Lipinski definition) is 10. The Morgan fingerprint density at radius 3 is 1.88 bits per heavy atom. The molecule has 0 spiro atoms. The van der Waals surface area contributed by atoms with E-state index in [0.29, 0.717) is 11.1 Å². The fourth-order valence-corrected chi connectivity index (χ4v) is 6.23. The predicted octanol–water partition coefficient (Wildman–Crippen LogP) is 1.57. The third-order valence-corrected chi connectivity index (χ3v) is 7.47. The van der Waals surface area contributed by atoms with E-state index in [1.807, 2.05) is 6.07 Å². The van der Waals surface area contributed by atoms with E-state index in [2.05, 4.69) is 0 Å². The zero-order valence-electron chi connectivity index (χ0n) is 19.1. The maximum absolute atomic E-state index is 13.0. The van der Waals surface area contributed by atoms with Crippen LogP contribution in [0.2, 0.25) is 4.82 Å². The molecule has 2 rings (SSSR count). The zero-order chi connectivity index (χ0) is 25.4. The Kier molecular flexibility index (Phi) is 9.78. The maximum atomic E-state index is 13.0. The van der Waals surface area contributed by atoms with E-state index in [1.54, 1.807) is 0 Å². The Labute approximate surface area is 203 Å². The van der Waals surface area contributed by atoms with Crippen LogP contribution in [0.4, 0.5) is 0 Å². The van der Waals surface area contributed by atoms with Gasteiger partial charge in [-0.05, 0) is 0 Å². The molecular formula is C23H25NO9Se. The number of carbonyl (C=O) groups excluding carboxylic acids is 5. The van der Waals surface area contributed by atoms with Gasteiger partial charge in [-0.1, -0.05) is 0 Å². The van der Waals surface area contributed by atoms with Crippen molar-refractivity contribution in [1.82, 2.24) is 0 Å².